The first-order valence-electron chi connectivity index (χ1n) is 6.93. The highest BCUT2D eigenvalue weighted by Crippen LogP contribution is 2.31. The van der Waals surface area contributed by atoms with E-state index in [0.717, 1.165) is 23.9 Å². The molecule has 0 spiro atoms. The Bertz CT molecular complexity index is 416. The minimum Gasteiger partial charge on any atom is -0.370 e. The normalized spacial score (nSPS) is 23.0. The van der Waals surface area contributed by atoms with Gasteiger partial charge < -0.3 is 11.5 Å². The Balaban J connectivity index is 1.77. The quantitative estimate of drug-likeness (QED) is 0.657. The third-order valence-electron chi connectivity index (χ3n) is 3.94. The van der Waals surface area contributed by atoms with Crippen molar-refractivity contribution in [2.45, 2.75) is 32.1 Å². The summed E-state index contributed by atoms with van der Waals surface area (Å²) in [6, 6.07) is 8.21. The Morgan fingerprint density at radius 3 is 2.21 bits per heavy atom. The summed E-state index contributed by atoms with van der Waals surface area (Å²) in [5.74, 6) is 1.66. The van der Waals surface area contributed by atoms with E-state index >= 15 is 0 Å². The standard InChI is InChI=1S/C15H22ClN3/c16-14-7-5-12(6-8-14)9-11-1-3-13(4-2-11)10-19-15(17)18/h5-8,11,13H,1-4,9-10H2,(H4,17,18,19). The molecule has 0 radical (unpaired) electrons. The van der Waals surface area contributed by atoms with Crippen molar-refractivity contribution in [2.24, 2.45) is 28.3 Å². The molecule has 1 aromatic rings. The average Bonchev–Trinajstić information content (AvgIpc) is 2.40. The molecule has 0 amide bonds. The van der Waals surface area contributed by atoms with E-state index in [1.807, 2.05) is 12.1 Å². The van der Waals surface area contributed by atoms with Crippen LogP contribution in [0.25, 0.3) is 0 Å². The number of guanidine groups is 1. The fourth-order valence-electron chi connectivity index (χ4n) is 2.81. The molecule has 0 aliphatic heterocycles. The summed E-state index contributed by atoms with van der Waals surface area (Å²) in [6.45, 7) is 0.788. The van der Waals surface area contributed by atoms with Gasteiger partial charge in [-0.15, -0.1) is 0 Å². The summed E-state index contributed by atoms with van der Waals surface area (Å²) in [6.07, 6.45) is 6.16. The number of benzene rings is 1. The van der Waals surface area contributed by atoms with Crippen LogP contribution >= 0.6 is 11.6 Å². The molecule has 1 aliphatic rings. The zero-order chi connectivity index (χ0) is 13.7. The van der Waals surface area contributed by atoms with Crippen LogP contribution in [-0.4, -0.2) is 12.5 Å². The first kappa shape index (κ1) is 14.2. The second-order valence-corrected chi connectivity index (χ2v) is 5.92. The molecular formula is C15H22ClN3. The largest absolute Gasteiger partial charge is 0.370 e. The van der Waals surface area contributed by atoms with Gasteiger partial charge in [-0.05, 0) is 61.6 Å². The Hall–Kier alpha value is -1.22. The molecule has 4 heteroatoms. The second-order valence-electron chi connectivity index (χ2n) is 5.48. The lowest BCUT2D eigenvalue weighted by Crippen LogP contribution is -2.25. The Kier molecular flexibility index (Phi) is 5.08. The highest BCUT2D eigenvalue weighted by Gasteiger charge is 2.21. The summed E-state index contributed by atoms with van der Waals surface area (Å²) < 4.78 is 0. The number of nitrogens with two attached hydrogens (primary N) is 2. The average molecular weight is 280 g/mol. The summed E-state index contributed by atoms with van der Waals surface area (Å²) >= 11 is 5.90. The number of hydrogen-bond donors (Lipinski definition) is 2. The molecule has 0 heterocycles. The maximum absolute atomic E-state index is 5.90. The van der Waals surface area contributed by atoms with Gasteiger partial charge in [-0.1, -0.05) is 23.7 Å². The zero-order valence-electron chi connectivity index (χ0n) is 11.2. The van der Waals surface area contributed by atoms with Crippen LogP contribution in [0, 0.1) is 11.8 Å². The zero-order valence-corrected chi connectivity index (χ0v) is 11.9. The Morgan fingerprint density at radius 1 is 1.05 bits per heavy atom. The predicted octanol–water partition coefficient (Wildman–Crippen LogP) is 2.96. The Morgan fingerprint density at radius 2 is 1.63 bits per heavy atom. The highest BCUT2D eigenvalue weighted by atomic mass is 35.5. The lowest BCUT2D eigenvalue weighted by Gasteiger charge is -2.27. The van der Waals surface area contributed by atoms with Crippen molar-refractivity contribution < 1.29 is 0 Å². The molecule has 0 atom stereocenters. The van der Waals surface area contributed by atoms with Gasteiger partial charge in [-0.3, -0.25) is 4.99 Å². The fraction of sp³-hybridized carbons (Fsp3) is 0.533. The minimum atomic E-state index is 0.211. The van der Waals surface area contributed by atoms with Gasteiger partial charge in [0, 0.05) is 11.6 Å². The minimum absolute atomic E-state index is 0.211. The van der Waals surface area contributed by atoms with Crippen molar-refractivity contribution in [3.63, 3.8) is 0 Å². The molecule has 0 bridgehead atoms. The summed E-state index contributed by atoms with van der Waals surface area (Å²) in [4.78, 5) is 4.12. The maximum Gasteiger partial charge on any atom is 0.185 e. The molecule has 0 unspecified atom stereocenters. The van der Waals surface area contributed by atoms with E-state index in [2.05, 4.69) is 17.1 Å². The van der Waals surface area contributed by atoms with Crippen molar-refractivity contribution in [3.05, 3.63) is 34.9 Å². The van der Waals surface area contributed by atoms with Crippen LogP contribution in [0.3, 0.4) is 0 Å². The van der Waals surface area contributed by atoms with E-state index in [1.165, 1.54) is 31.2 Å². The van der Waals surface area contributed by atoms with Crippen LogP contribution in [0.5, 0.6) is 0 Å². The van der Waals surface area contributed by atoms with Gasteiger partial charge >= 0.3 is 0 Å². The van der Waals surface area contributed by atoms with E-state index in [4.69, 9.17) is 23.1 Å². The topological polar surface area (TPSA) is 64.4 Å². The SMILES string of the molecule is NC(N)=NCC1CCC(Cc2ccc(Cl)cc2)CC1. The third-order valence-corrected chi connectivity index (χ3v) is 4.19. The predicted molar refractivity (Wildman–Crippen MR) is 81.3 cm³/mol. The number of hydrogen-bond acceptors (Lipinski definition) is 1. The van der Waals surface area contributed by atoms with E-state index < -0.39 is 0 Å². The number of rotatable bonds is 4. The molecule has 0 aromatic heterocycles. The summed E-state index contributed by atoms with van der Waals surface area (Å²) in [5, 5.41) is 0.810. The van der Waals surface area contributed by atoms with Gasteiger partial charge in [0.2, 0.25) is 0 Å². The van der Waals surface area contributed by atoms with E-state index in [1.54, 1.807) is 0 Å². The third kappa shape index (κ3) is 4.75. The number of aliphatic imine (C=N–C) groups is 1. The molecule has 104 valence electrons. The van der Waals surface area contributed by atoms with Crippen LogP contribution in [0.4, 0.5) is 0 Å². The van der Waals surface area contributed by atoms with Gasteiger partial charge in [-0.25, -0.2) is 0 Å². The van der Waals surface area contributed by atoms with E-state index in [9.17, 15) is 0 Å². The fourth-order valence-corrected chi connectivity index (χ4v) is 2.93. The van der Waals surface area contributed by atoms with Gasteiger partial charge in [0.25, 0.3) is 0 Å². The lowest BCUT2D eigenvalue weighted by molar-refractivity contribution is 0.279. The summed E-state index contributed by atoms with van der Waals surface area (Å²) in [5.41, 5.74) is 12.1. The maximum atomic E-state index is 5.90. The van der Waals surface area contributed by atoms with Crippen molar-refractivity contribution in [1.29, 1.82) is 0 Å². The summed E-state index contributed by atoms with van der Waals surface area (Å²) in [7, 11) is 0. The van der Waals surface area contributed by atoms with Crippen molar-refractivity contribution in [1.82, 2.24) is 0 Å². The van der Waals surface area contributed by atoms with Crippen LogP contribution < -0.4 is 11.5 Å². The molecule has 1 fully saturated rings. The van der Waals surface area contributed by atoms with Crippen molar-refractivity contribution in [2.75, 3.05) is 6.54 Å². The Labute approximate surface area is 120 Å². The van der Waals surface area contributed by atoms with Crippen LogP contribution in [0.2, 0.25) is 5.02 Å². The first-order chi connectivity index (χ1) is 9.13. The smallest absolute Gasteiger partial charge is 0.185 e. The van der Waals surface area contributed by atoms with Gasteiger partial charge in [0.15, 0.2) is 5.96 Å². The van der Waals surface area contributed by atoms with Gasteiger partial charge in [0.05, 0.1) is 0 Å². The molecule has 0 saturated heterocycles. The van der Waals surface area contributed by atoms with Crippen molar-refractivity contribution in [3.8, 4) is 0 Å². The highest BCUT2D eigenvalue weighted by molar-refractivity contribution is 6.30. The monoisotopic (exact) mass is 279 g/mol. The van der Waals surface area contributed by atoms with E-state index in [-0.39, 0.29) is 5.96 Å². The lowest BCUT2D eigenvalue weighted by atomic mass is 9.79. The molecule has 1 saturated carbocycles. The number of nitrogens with zero attached hydrogens (tertiary/aromatic N) is 1. The second kappa shape index (κ2) is 6.80. The van der Waals surface area contributed by atoms with E-state index in [0.29, 0.717) is 5.92 Å². The molecule has 4 N–H and O–H groups in total. The van der Waals surface area contributed by atoms with Gasteiger partial charge in [0.1, 0.15) is 0 Å². The first-order valence-corrected chi connectivity index (χ1v) is 7.31. The molecular weight excluding hydrogens is 258 g/mol. The number of halogens is 1. The van der Waals surface area contributed by atoms with Crippen molar-refractivity contribution >= 4 is 17.6 Å². The van der Waals surface area contributed by atoms with Gasteiger partial charge in [-0.2, -0.15) is 0 Å². The molecule has 2 rings (SSSR count). The molecule has 19 heavy (non-hydrogen) atoms. The molecule has 1 aromatic carbocycles. The molecule has 3 nitrogen and oxygen atoms in total. The van der Waals surface area contributed by atoms with Crippen LogP contribution in [0.15, 0.2) is 29.3 Å². The van der Waals surface area contributed by atoms with Crippen LogP contribution in [-0.2, 0) is 6.42 Å². The molecule has 1 aliphatic carbocycles. The van der Waals surface area contributed by atoms with Crippen LogP contribution in [0.1, 0.15) is 31.2 Å².